The number of anilines is 1. The number of hydrogen-bond donors (Lipinski definition) is 1. The van der Waals surface area contributed by atoms with E-state index in [1.807, 2.05) is 24.3 Å². The van der Waals surface area contributed by atoms with Gasteiger partial charge in [-0.15, -0.1) is 0 Å². The van der Waals surface area contributed by atoms with Crippen LogP contribution in [0, 0.1) is 0 Å². The highest BCUT2D eigenvalue weighted by Gasteiger charge is 2.22. The Balaban J connectivity index is 1.30. The molecule has 1 saturated heterocycles. The number of thioether (sulfide) groups is 1. The van der Waals surface area contributed by atoms with Crippen molar-refractivity contribution in [3.05, 3.63) is 53.6 Å². The van der Waals surface area contributed by atoms with E-state index in [9.17, 15) is 18.4 Å². The minimum absolute atomic E-state index is 0.0611. The molecule has 7 nitrogen and oxygen atoms in total. The lowest BCUT2D eigenvalue weighted by molar-refractivity contribution is -0.133. The second-order valence-corrected chi connectivity index (χ2v) is 8.86. The number of nitrogens with zero attached hydrogens (tertiary/aromatic N) is 4. The number of alkyl halides is 2. The minimum atomic E-state index is -2.66. The molecule has 0 aliphatic carbocycles. The zero-order valence-electron chi connectivity index (χ0n) is 17.6. The van der Waals surface area contributed by atoms with E-state index in [2.05, 4.69) is 15.2 Å². The van der Waals surface area contributed by atoms with Crippen LogP contribution in [0.3, 0.4) is 0 Å². The van der Waals surface area contributed by atoms with Crippen LogP contribution in [0.1, 0.15) is 0 Å². The molecule has 33 heavy (non-hydrogen) atoms. The largest absolute Gasteiger partial charge is 0.368 e. The predicted octanol–water partition coefficient (Wildman–Crippen LogP) is 3.47. The number of fused-ring (bicyclic) bond motifs is 1. The molecule has 0 radical (unpaired) electrons. The monoisotopic (exact) mass is 493 g/mol. The molecule has 11 heteroatoms. The number of piperazine rings is 1. The molecule has 3 aromatic rings. The van der Waals surface area contributed by atoms with E-state index in [4.69, 9.17) is 11.6 Å². The quantitative estimate of drug-likeness (QED) is 0.510. The smallest absolute Gasteiger partial charge is 0.291 e. The molecule has 4 rings (SSSR count). The molecule has 174 valence electrons. The van der Waals surface area contributed by atoms with Crippen LogP contribution in [0.2, 0.25) is 5.02 Å². The van der Waals surface area contributed by atoms with Crippen LogP contribution >= 0.6 is 23.4 Å². The third kappa shape index (κ3) is 5.75. The fraction of sp³-hybridized carbons (Fsp3) is 0.318. The van der Waals surface area contributed by atoms with Crippen molar-refractivity contribution < 1.29 is 18.4 Å². The first-order valence-electron chi connectivity index (χ1n) is 10.4. The minimum Gasteiger partial charge on any atom is -0.368 e. The van der Waals surface area contributed by atoms with Crippen LogP contribution in [0.25, 0.3) is 11.0 Å². The van der Waals surface area contributed by atoms with Gasteiger partial charge in [-0.3, -0.25) is 9.59 Å². The summed E-state index contributed by atoms with van der Waals surface area (Å²) in [4.78, 5) is 33.1. The van der Waals surface area contributed by atoms with E-state index >= 15 is 0 Å². The number of para-hydroxylation sites is 2. The van der Waals surface area contributed by atoms with E-state index in [0.29, 0.717) is 54.0 Å². The Bertz CT molecular complexity index is 1130. The van der Waals surface area contributed by atoms with Crippen LogP contribution in [0.4, 0.5) is 14.5 Å². The number of aromatic nitrogens is 2. The Morgan fingerprint density at radius 1 is 1.06 bits per heavy atom. The Morgan fingerprint density at radius 3 is 2.45 bits per heavy atom. The van der Waals surface area contributed by atoms with Gasteiger partial charge in [-0.2, -0.15) is 8.78 Å². The summed E-state index contributed by atoms with van der Waals surface area (Å²) < 4.78 is 27.3. The highest BCUT2D eigenvalue weighted by Crippen LogP contribution is 2.28. The zero-order valence-corrected chi connectivity index (χ0v) is 19.2. The maximum absolute atomic E-state index is 12.9. The molecule has 1 aliphatic rings. The van der Waals surface area contributed by atoms with Gasteiger partial charge in [-0.25, -0.2) is 4.98 Å². The van der Waals surface area contributed by atoms with Crippen molar-refractivity contribution in [3.8, 4) is 0 Å². The Kier molecular flexibility index (Phi) is 7.34. The van der Waals surface area contributed by atoms with Gasteiger partial charge < -0.3 is 19.7 Å². The molecule has 2 aromatic carbocycles. The van der Waals surface area contributed by atoms with Crippen molar-refractivity contribution in [2.75, 3.05) is 37.6 Å². The maximum Gasteiger partial charge on any atom is 0.291 e. The number of halogens is 3. The Hall–Kier alpha value is -2.85. The summed E-state index contributed by atoms with van der Waals surface area (Å²) >= 11 is 6.22. The third-order valence-corrected chi connectivity index (χ3v) is 6.33. The van der Waals surface area contributed by atoms with E-state index < -0.39 is 11.7 Å². The van der Waals surface area contributed by atoms with Gasteiger partial charge in [0.2, 0.25) is 11.8 Å². The molecular formula is C22H22ClF2N5O2S. The molecule has 1 N–H and O–H groups in total. The van der Waals surface area contributed by atoms with Crippen LogP contribution < -0.4 is 10.2 Å². The summed E-state index contributed by atoms with van der Waals surface area (Å²) in [5, 5.41) is 3.34. The van der Waals surface area contributed by atoms with Crippen LogP contribution in [0.15, 0.2) is 53.7 Å². The first-order chi connectivity index (χ1) is 15.9. The lowest BCUT2D eigenvalue weighted by Gasteiger charge is -2.36. The summed E-state index contributed by atoms with van der Waals surface area (Å²) in [6.07, 6.45) is 0. The molecule has 1 aromatic heterocycles. The van der Waals surface area contributed by atoms with E-state index in [-0.39, 0.29) is 24.2 Å². The lowest BCUT2D eigenvalue weighted by atomic mass is 10.2. The number of carbonyl (C=O) groups excluding carboxylic acids is 2. The molecular weight excluding hydrogens is 472 g/mol. The predicted molar refractivity (Wildman–Crippen MR) is 125 cm³/mol. The fourth-order valence-electron chi connectivity index (χ4n) is 3.73. The number of carbonyl (C=O) groups is 2. The Labute approximate surface area is 198 Å². The van der Waals surface area contributed by atoms with Gasteiger partial charge >= 0.3 is 0 Å². The second-order valence-electron chi connectivity index (χ2n) is 7.47. The number of nitrogens with one attached hydrogen (secondary N) is 1. The first kappa shape index (κ1) is 23.3. The molecule has 0 unspecified atom stereocenters. The summed E-state index contributed by atoms with van der Waals surface area (Å²) in [7, 11) is 0. The number of amides is 2. The van der Waals surface area contributed by atoms with E-state index in [1.165, 1.54) is 4.57 Å². The maximum atomic E-state index is 12.9. The average molecular weight is 494 g/mol. The van der Waals surface area contributed by atoms with E-state index in [0.717, 1.165) is 5.69 Å². The van der Waals surface area contributed by atoms with Gasteiger partial charge in [0, 0.05) is 36.9 Å². The lowest BCUT2D eigenvalue weighted by Crippen LogP contribution is -2.51. The fourth-order valence-corrected chi connectivity index (χ4v) is 4.45. The number of benzene rings is 2. The Morgan fingerprint density at radius 2 is 1.76 bits per heavy atom. The number of hydrogen-bond acceptors (Lipinski definition) is 5. The molecule has 1 fully saturated rings. The molecule has 0 bridgehead atoms. The van der Waals surface area contributed by atoms with Gasteiger partial charge in [0.25, 0.3) is 5.76 Å². The zero-order chi connectivity index (χ0) is 23.4. The summed E-state index contributed by atoms with van der Waals surface area (Å²) in [6.45, 7) is 2.08. The van der Waals surface area contributed by atoms with Gasteiger partial charge in [-0.05, 0) is 48.2 Å². The van der Waals surface area contributed by atoms with Crippen LogP contribution in [0.5, 0.6) is 0 Å². The molecule has 1 aliphatic heterocycles. The van der Waals surface area contributed by atoms with Crippen molar-refractivity contribution in [1.82, 2.24) is 19.8 Å². The summed E-state index contributed by atoms with van der Waals surface area (Å²) in [6, 6.07) is 14.5. The molecule has 0 atom stereocenters. The van der Waals surface area contributed by atoms with Crippen molar-refractivity contribution in [1.29, 1.82) is 0 Å². The van der Waals surface area contributed by atoms with Crippen molar-refractivity contribution in [3.63, 3.8) is 0 Å². The van der Waals surface area contributed by atoms with Crippen molar-refractivity contribution in [2.24, 2.45) is 0 Å². The molecule has 2 amide bonds. The van der Waals surface area contributed by atoms with E-state index in [1.54, 1.807) is 29.2 Å². The summed E-state index contributed by atoms with van der Waals surface area (Å²) in [5.74, 6) is -3.28. The normalized spacial score (nSPS) is 14.2. The highest BCUT2D eigenvalue weighted by molar-refractivity contribution is 7.99. The van der Waals surface area contributed by atoms with Gasteiger partial charge in [0.1, 0.15) is 6.54 Å². The molecule has 2 heterocycles. The van der Waals surface area contributed by atoms with Crippen LogP contribution in [-0.2, 0) is 16.1 Å². The standard InChI is InChI=1S/C22H22ClF2N5O2S/c23-15-5-7-16(8-6-15)28-9-11-29(12-10-28)20(32)13-26-19(31)14-30-18-4-2-1-3-17(18)27-22(30)33-21(24)25/h1-8,21H,9-14H2,(H,26,31). The van der Waals surface area contributed by atoms with Gasteiger partial charge in [-0.1, -0.05) is 23.7 Å². The summed E-state index contributed by atoms with van der Waals surface area (Å²) in [5.41, 5.74) is 2.16. The molecule has 0 saturated carbocycles. The molecule has 0 spiro atoms. The van der Waals surface area contributed by atoms with Gasteiger partial charge in [0.15, 0.2) is 5.16 Å². The topological polar surface area (TPSA) is 70.5 Å². The van der Waals surface area contributed by atoms with Crippen molar-refractivity contribution >= 4 is 51.9 Å². The van der Waals surface area contributed by atoms with Gasteiger partial charge in [0.05, 0.1) is 17.6 Å². The third-order valence-electron chi connectivity index (χ3n) is 5.38. The SMILES string of the molecule is O=C(Cn1c(SC(F)F)nc2ccccc21)NCC(=O)N1CCN(c2ccc(Cl)cc2)CC1. The number of rotatable bonds is 7. The highest BCUT2D eigenvalue weighted by atomic mass is 35.5. The van der Waals surface area contributed by atoms with Crippen LogP contribution in [-0.4, -0.2) is 64.7 Å². The van der Waals surface area contributed by atoms with Crippen molar-refractivity contribution in [2.45, 2.75) is 17.5 Å². The second kappa shape index (κ2) is 10.4. The average Bonchev–Trinajstić information content (AvgIpc) is 3.14. The number of imidazole rings is 1. The first-order valence-corrected chi connectivity index (χ1v) is 11.6.